The Kier molecular flexibility index (Phi) is 2.65. The second kappa shape index (κ2) is 3.32. The largest absolute Gasteiger partial charge is 0.356 e. The topological polar surface area (TPSA) is 44.5 Å². The van der Waals surface area contributed by atoms with E-state index in [1.807, 2.05) is 6.92 Å². The molecule has 10 heavy (non-hydrogen) atoms. The van der Waals surface area contributed by atoms with Gasteiger partial charge < -0.3 is 15.2 Å². The van der Waals surface area contributed by atoms with Gasteiger partial charge in [0, 0.05) is 13.2 Å². The normalized spacial score (nSPS) is 41.7. The van der Waals surface area contributed by atoms with Crippen molar-refractivity contribution in [3.8, 4) is 0 Å². The number of hydrogen-bond donors (Lipinski definition) is 1. The van der Waals surface area contributed by atoms with Gasteiger partial charge >= 0.3 is 0 Å². The molecule has 2 N–H and O–H groups in total. The Hall–Kier alpha value is -0.120. The van der Waals surface area contributed by atoms with Gasteiger partial charge in [0.25, 0.3) is 0 Å². The number of ether oxygens (including phenoxy) is 2. The first-order valence-corrected chi connectivity index (χ1v) is 3.68. The summed E-state index contributed by atoms with van der Waals surface area (Å²) in [5.41, 5.74) is 5.71. The molecule has 1 aliphatic rings. The Morgan fingerprint density at radius 2 is 2.20 bits per heavy atom. The Bertz CT molecular complexity index is 108. The van der Waals surface area contributed by atoms with Crippen LogP contribution in [0.4, 0.5) is 0 Å². The zero-order valence-electron chi connectivity index (χ0n) is 6.54. The molecule has 3 nitrogen and oxygen atoms in total. The van der Waals surface area contributed by atoms with E-state index in [1.54, 1.807) is 7.11 Å². The van der Waals surface area contributed by atoms with E-state index >= 15 is 0 Å². The Labute approximate surface area is 61.5 Å². The summed E-state index contributed by atoms with van der Waals surface area (Å²) in [4.78, 5) is 0. The average molecular weight is 145 g/mol. The van der Waals surface area contributed by atoms with Gasteiger partial charge in [-0.3, -0.25) is 0 Å². The zero-order valence-corrected chi connectivity index (χ0v) is 6.54. The Morgan fingerprint density at radius 3 is 2.70 bits per heavy atom. The standard InChI is InChI=1S/C7H15NO2/c1-5-6(8)3-4-7(9-2)10-5/h5-7H,3-4,8H2,1-2H3/t5-,6-,7-/m0/s1. The van der Waals surface area contributed by atoms with Crippen molar-refractivity contribution in [2.45, 2.75) is 38.2 Å². The molecule has 0 aromatic carbocycles. The fourth-order valence-corrected chi connectivity index (χ4v) is 1.15. The molecule has 0 radical (unpaired) electrons. The van der Waals surface area contributed by atoms with Crippen molar-refractivity contribution in [1.82, 2.24) is 0 Å². The molecule has 3 heteroatoms. The molecule has 0 aliphatic carbocycles. The summed E-state index contributed by atoms with van der Waals surface area (Å²) in [6.45, 7) is 1.98. The van der Waals surface area contributed by atoms with Crippen molar-refractivity contribution in [3.63, 3.8) is 0 Å². The van der Waals surface area contributed by atoms with E-state index < -0.39 is 0 Å². The summed E-state index contributed by atoms with van der Waals surface area (Å²) in [5, 5.41) is 0. The maximum atomic E-state index is 5.71. The number of methoxy groups -OCH3 is 1. The first kappa shape index (κ1) is 7.98. The molecule has 1 fully saturated rings. The molecule has 1 aliphatic heterocycles. The lowest BCUT2D eigenvalue weighted by molar-refractivity contribution is -0.180. The van der Waals surface area contributed by atoms with Gasteiger partial charge in [-0.05, 0) is 19.8 Å². The maximum absolute atomic E-state index is 5.71. The minimum atomic E-state index is -0.0326. The SMILES string of the molecule is CO[C@@H]1CC[C@H](N)[C@H](C)O1. The molecule has 0 bridgehead atoms. The molecule has 0 amide bonds. The maximum Gasteiger partial charge on any atom is 0.157 e. The first-order chi connectivity index (χ1) is 4.74. The number of hydrogen-bond acceptors (Lipinski definition) is 3. The van der Waals surface area contributed by atoms with E-state index in [4.69, 9.17) is 15.2 Å². The smallest absolute Gasteiger partial charge is 0.157 e. The van der Waals surface area contributed by atoms with Crippen LogP contribution >= 0.6 is 0 Å². The lowest BCUT2D eigenvalue weighted by atomic mass is 10.0. The van der Waals surface area contributed by atoms with Gasteiger partial charge in [-0.25, -0.2) is 0 Å². The molecule has 0 aromatic rings. The second-order valence-corrected chi connectivity index (χ2v) is 2.75. The van der Waals surface area contributed by atoms with Crippen LogP contribution in [0, 0.1) is 0 Å². The van der Waals surface area contributed by atoms with Gasteiger partial charge in [-0.1, -0.05) is 0 Å². The summed E-state index contributed by atoms with van der Waals surface area (Å²) >= 11 is 0. The molecule has 1 rings (SSSR count). The molecule has 0 spiro atoms. The molecular formula is C7H15NO2. The predicted octanol–water partition coefficient (Wildman–Crippen LogP) is 0.485. The van der Waals surface area contributed by atoms with Gasteiger partial charge in [0.15, 0.2) is 6.29 Å². The lowest BCUT2D eigenvalue weighted by Gasteiger charge is -2.31. The van der Waals surface area contributed by atoms with E-state index in [1.165, 1.54) is 0 Å². The average Bonchev–Trinajstić information content (AvgIpc) is 1.95. The Morgan fingerprint density at radius 1 is 1.50 bits per heavy atom. The van der Waals surface area contributed by atoms with E-state index in [2.05, 4.69) is 0 Å². The molecule has 0 aromatic heterocycles. The minimum absolute atomic E-state index is 0.0326. The molecule has 3 atom stereocenters. The second-order valence-electron chi connectivity index (χ2n) is 2.75. The summed E-state index contributed by atoms with van der Waals surface area (Å²) in [7, 11) is 1.66. The lowest BCUT2D eigenvalue weighted by Crippen LogP contribution is -2.42. The van der Waals surface area contributed by atoms with Crippen LogP contribution in [0.15, 0.2) is 0 Å². The van der Waals surface area contributed by atoms with Crippen LogP contribution in [0.5, 0.6) is 0 Å². The summed E-state index contributed by atoms with van der Waals surface area (Å²) < 4.78 is 10.4. The fourth-order valence-electron chi connectivity index (χ4n) is 1.15. The van der Waals surface area contributed by atoms with Crippen LogP contribution in [-0.4, -0.2) is 25.5 Å². The van der Waals surface area contributed by atoms with Gasteiger partial charge in [0.1, 0.15) is 0 Å². The van der Waals surface area contributed by atoms with Crippen LogP contribution in [0.1, 0.15) is 19.8 Å². The van der Waals surface area contributed by atoms with Crippen LogP contribution in [-0.2, 0) is 9.47 Å². The predicted molar refractivity (Wildman–Crippen MR) is 38.6 cm³/mol. The highest BCUT2D eigenvalue weighted by Crippen LogP contribution is 2.17. The highest BCUT2D eigenvalue weighted by Gasteiger charge is 2.24. The monoisotopic (exact) mass is 145 g/mol. The van der Waals surface area contributed by atoms with Crippen molar-refractivity contribution in [2.75, 3.05) is 7.11 Å². The van der Waals surface area contributed by atoms with Crippen LogP contribution in [0.25, 0.3) is 0 Å². The van der Waals surface area contributed by atoms with E-state index in [-0.39, 0.29) is 18.4 Å². The summed E-state index contributed by atoms with van der Waals surface area (Å²) in [6.07, 6.45) is 2.02. The van der Waals surface area contributed by atoms with Crippen molar-refractivity contribution < 1.29 is 9.47 Å². The first-order valence-electron chi connectivity index (χ1n) is 3.68. The Balaban J connectivity index is 2.33. The molecule has 1 heterocycles. The van der Waals surface area contributed by atoms with Gasteiger partial charge in [0.2, 0.25) is 0 Å². The minimum Gasteiger partial charge on any atom is -0.356 e. The highest BCUT2D eigenvalue weighted by molar-refractivity contribution is 4.74. The third-order valence-electron chi connectivity index (χ3n) is 1.97. The third-order valence-corrected chi connectivity index (χ3v) is 1.97. The van der Waals surface area contributed by atoms with Gasteiger partial charge in [-0.15, -0.1) is 0 Å². The molecule has 60 valence electrons. The molecular weight excluding hydrogens is 130 g/mol. The van der Waals surface area contributed by atoms with Crippen molar-refractivity contribution >= 4 is 0 Å². The zero-order chi connectivity index (χ0) is 7.56. The molecule has 0 saturated carbocycles. The number of rotatable bonds is 1. The van der Waals surface area contributed by atoms with Gasteiger partial charge in [-0.2, -0.15) is 0 Å². The van der Waals surface area contributed by atoms with Crippen LogP contribution in [0.2, 0.25) is 0 Å². The molecule has 0 unspecified atom stereocenters. The van der Waals surface area contributed by atoms with Crippen LogP contribution in [0.3, 0.4) is 0 Å². The van der Waals surface area contributed by atoms with Gasteiger partial charge in [0.05, 0.1) is 6.10 Å². The quantitative estimate of drug-likeness (QED) is 0.584. The van der Waals surface area contributed by atoms with Crippen molar-refractivity contribution in [2.24, 2.45) is 5.73 Å². The summed E-state index contributed by atoms with van der Waals surface area (Å²) in [6, 6.07) is 0.186. The van der Waals surface area contributed by atoms with Crippen molar-refractivity contribution in [1.29, 1.82) is 0 Å². The van der Waals surface area contributed by atoms with E-state index in [0.717, 1.165) is 12.8 Å². The van der Waals surface area contributed by atoms with E-state index in [0.29, 0.717) is 0 Å². The number of nitrogens with two attached hydrogens (primary N) is 1. The fraction of sp³-hybridized carbons (Fsp3) is 1.00. The highest BCUT2D eigenvalue weighted by atomic mass is 16.7. The van der Waals surface area contributed by atoms with E-state index in [9.17, 15) is 0 Å². The van der Waals surface area contributed by atoms with Crippen LogP contribution < -0.4 is 5.73 Å². The molecule has 1 saturated heterocycles. The third kappa shape index (κ3) is 1.68. The van der Waals surface area contributed by atoms with Crippen molar-refractivity contribution in [3.05, 3.63) is 0 Å². The summed E-state index contributed by atoms with van der Waals surface area (Å²) in [5.74, 6) is 0.